The minimum Gasteiger partial charge on any atom is -0.422 e. The molecule has 9 nitrogen and oxygen atoms in total. The van der Waals surface area contributed by atoms with Gasteiger partial charge in [0.15, 0.2) is 5.78 Å². The van der Waals surface area contributed by atoms with Crippen LogP contribution in [0.1, 0.15) is 21.5 Å². The van der Waals surface area contributed by atoms with Gasteiger partial charge in [0.1, 0.15) is 5.58 Å². The Morgan fingerprint density at radius 2 is 1.68 bits per heavy atom. The van der Waals surface area contributed by atoms with E-state index in [2.05, 4.69) is 9.89 Å². The summed E-state index contributed by atoms with van der Waals surface area (Å²) in [7, 11) is 0. The van der Waals surface area contributed by atoms with E-state index in [-0.39, 0.29) is 11.5 Å². The quantitative estimate of drug-likeness (QED) is 0.0841. The molecule has 0 spiro atoms. The highest BCUT2D eigenvalue weighted by molar-refractivity contribution is 6.08. The second-order valence-corrected chi connectivity index (χ2v) is 8.60. The lowest BCUT2D eigenvalue weighted by Gasteiger charge is -2.30. The minimum atomic E-state index is -0.509. The Bertz CT molecular complexity index is 1600. The molecule has 0 aliphatic carbocycles. The standard InChI is InChI=1S/C29H23N3O6/c33-26(21-7-9-22(10-8-21)30-19-20-5-11-23(12-6-20)32(35)36)14-13-25-28(31-15-17-37-18-16-31)24-3-1-2-4-27(24)38-29(25)34/h1-14,19H,15-18H2/b14-13+,30-19?. The summed E-state index contributed by atoms with van der Waals surface area (Å²) in [5.74, 6) is -0.267. The van der Waals surface area contributed by atoms with Crippen LogP contribution in [0.25, 0.3) is 17.0 Å². The molecule has 0 N–H and O–H groups in total. The lowest BCUT2D eigenvalue weighted by atomic mass is 10.1. The van der Waals surface area contributed by atoms with E-state index < -0.39 is 10.5 Å². The number of allylic oxidation sites excluding steroid dienone is 1. The van der Waals surface area contributed by atoms with Crippen LogP contribution in [-0.4, -0.2) is 43.2 Å². The summed E-state index contributed by atoms with van der Waals surface area (Å²) in [6.45, 7) is 2.36. The fourth-order valence-corrected chi connectivity index (χ4v) is 4.22. The number of morpholine rings is 1. The number of aliphatic imine (C=N–C) groups is 1. The molecule has 38 heavy (non-hydrogen) atoms. The topological polar surface area (TPSA) is 115 Å². The molecule has 1 aliphatic heterocycles. The highest BCUT2D eigenvalue weighted by Crippen LogP contribution is 2.30. The van der Waals surface area contributed by atoms with Crippen molar-refractivity contribution < 1.29 is 18.9 Å². The van der Waals surface area contributed by atoms with E-state index in [0.717, 1.165) is 11.1 Å². The molecular formula is C29H23N3O6. The van der Waals surface area contributed by atoms with Gasteiger partial charge < -0.3 is 14.1 Å². The van der Waals surface area contributed by atoms with Crippen LogP contribution in [0.4, 0.5) is 17.1 Å². The van der Waals surface area contributed by atoms with Gasteiger partial charge in [0.05, 0.1) is 35.1 Å². The predicted molar refractivity (Wildman–Crippen MR) is 146 cm³/mol. The summed E-state index contributed by atoms with van der Waals surface area (Å²) in [5, 5.41) is 11.6. The van der Waals surface area contributed by atoms with Crippen LogP contribution in [-0.2, 0) is 4.74 Å². The fourth-order valence-electron chi connectivity index (χ4n) is 4.22. The second-order valence-electron chi connectivity index (χ2n) is 8.60. The lowest BCUT2D eigenvalue weighted by Crippen LogP contribution is -2.37. The zero-order chi connectivity index (χ0) is 26.5. The number of non-ortho nitro benzene ring substituents is 1. The zero-order valence-corrected chi connectivity index (χ0v) is 20.3. The fraction of sp³-hybridized carbons (Fsp3) is 0.138. The molecular weight excluding hydrogens is 486 g/mol. The van der Waals surface area contributed by atoms with Crippen molar-refractivity contribution in [1.82, 2.24) is 0 Å². The molecule has 9 heteroatoms. The summed E-state index contributed by atoms with van der Waals surface area (Å²) >= 11 is 0. The van der Waals surface area contributed by atoms with Crippen molar-refractivity contribution in [3.8, 4) is 0 Å². The third kappa shape index (κ3) is 5.42. The number of nitrogens with zero attached hydrogens (tertiary/aromatic N) is 3. The van der Waals surface area contributed by atoms with Gasteiger partial charge >= 0.3 is 5.63 Å². The van der Waals surface area contributed by atoms with Crippen molar-refractivity contribution in [3.05, 3.63) is 116 Å². The SMILES string of the molecule is O=C(/C=C/c1c(N2CCOCC2)c2ccccc2oc1=O)c1ccc(N=Cc2ccc([N+](=O)[O-])cc2)cc1. The average Bonchev–Trinajstić information content (AvgIpc) is 2.95. The average molecular weight is 510 g/mol. The number of ketones is 1. The third-order valence-corrected chi connectivity index (χ3v) is 6.17. The monoisotopic (exact) mass is 509 g/mol. The van der Waals surface area contributed by atoms with Crippen LogP contribution in [0.3, 0.4) is 0 Å². The number of benzene rings is 3. The number of carbonyl (C=O) groups is 1. The van der Waals surface area contributed by atoms with Crippen molar-refractivity contribution >= 4 is 46.1 Å². The largest absolute Gasteiger partial charge is 0.422 e. The Labute approximate surface area is 217 Å². The third-order valence-electron chi connectivity index (χ3n) is 6.17. The van der Waals surface area contributed by atoms with Crippen molar-refractivity contribution in [2.75, 3.05) is 31.2 Å². The molecule has 0 atom stereocenters. The summed E-state index contributed by atoms with van der Waals surface area (Å²) in [5.41, 5.74) is 2.82. The molecule has 5 rings (SSSR count). The Morgan fingerprint density at radius 3 is 2.39 bits per heavy atom. The minimum absolute atomic E-state index is 0.0107. The first-order chi connectivity index (χ1) is 18.5. The summed E-state index contributed by atoms with van der Waals surface area (Å²) < 4.78 is 11.0. The first-order valence-corrected chi connectivity index (χ1v) is 12.0. The highest BCUT2D eigenvalue weighted by atomic mass is 16.6. The molecule has 1 aromatic heterocycles. The molecule has 0 unspecified atom stereocenters. The van der Waals surface area contributed by atoms with Crippen LogP contribution in [0.15, 0.2) is 93.1 Å². The maximum absolute atomic E-state index is 12.9. The van der Waals surface area contributed by atoms with Crippen molar-refractivity contribution in [2.24, 2.45) is 4.99 Å². The van der Waals surface area contributed by atoms with Crippen LogP contribution >= 0.6 is 0 Å². The van der Waals surface area contributed by atoms with E-state index in [1.54, 1.807) is 48.7 Å². The molecule has 1 saturated heterocycles. The number of rotatable bonds is 7. The first-order valence-electron chi connectivity index (χ1n) is 12.0. The van der Waals surface area contributed by atoms with Gasteiger partial charge in [0, 0.05) is 42.4 Å². The van der Waals surface area contributed by atoms with Crippen LogP contribution in [0.2, 0.25) is 0 Å². The first kappa shape index (κ1) is 24.8. The molecule has 190 valence electrons. The smallest absolute Gasteiger partial charge is 0.345 e. The Morgan fingerprint density at radius 1 is 0.974 bits per heavy atom. The molecule has 4 aromatic rings. The summed E-state index contributed by atoms with van der Waals surface area (Å²) in [4.78, 5) is 42.6. The van der Waals surface area contributed by atoms with Gasteiger partial charge in [-0.1, -0.05) is 12.1 Å². The summed E-state index contributed by atoms with van der Waals surface area (Å²) in [6, 6.07) is 20.1. The number of ether oxygens (including phenoxy) is 1. The van der Waals surface area contributed by atoms with Crippen molar-refractivity contribution in [1.29, 1.82) is 0 Å². The summed E-state index contributed by atoms with van der Waals surface area (Å²) in [6.07, 6.45) is 4.48. The molecule has 0 saturated carbocycles. The van der Waals surface area contributed by atoms with Gasteiger partial charge in [0.25, 0.3) is 5.69 Å². The Balaban J connectivity index is 1.36. The normalized spacial score (nSPS) is 13.9. The van der Waals surface area contributed by atoms with E-state index in [1.807, 2.05) is 18.2 Å². The second kappa shape index (κ2) is 11.0. The number of fused-ring (bicyclic) bond motifs is 1. The number of hydrogen-bond donors (Lipinski definition) is 0. The van der Waals surface area contributed by atoms with Crippen molar-refractivity contribution in [3.63, 3.8) is 0 Å². The zero-order valence-electron chi connectivity index (χ0n) is 20.3. The Hall–Kier alpha value is -4.89. The molecule has 3 aromatic carbocycles. The molecule has 0 amide bonds. The molecule has 0 bridgehead atoms. The van der Waals surface area contributed by atoms with E-state index in [9.17, 15) is 19.7 Å². The predicted octanol–water partition coefficient (Wildman–Crippen LogP) is 5.18. The molecule has 0 radical (unpaired) electrons. The number of nitro groups is 1. The lowest BCUT2D eigenvalue weighted by molar-refractivity contribution is -0.384. The van der Waals surface area contributed by atoms with Crippen LogP contribution in [0, 0.1) is 10.1 Å². The van der Waals surface area contributed by atoms with Gasteiger partial charge in [-0.3, -0.25) is 19.9 Å². The number of hydrogen-bond acceptors (Lipinski definition) is 8. The van der Waals surface area contributed by atoms with E-state index in [0.29, 0.717) is 54.3 Å². The number of para-hydroxylation sites is 1. The van der Waals surface area contributed by atoms with Crippen molar-refractivity contribution in [2.45, 2.75) is 0 Å². The Kier molecular flexibility index (Phi) is 7.19. The number of nitro benzene ring substituents is 1. The van der Waals surface area contributed by atoms with Crippen LogP contribution in [0.5, 0.6) is 0 Å². The van der Waals surface area contributed by atoms with Gasteiger partial charge in [-0.15, -0.1) is 0 Å². The van der Waals surface area contributed by atoms with Gasteiger partial charge in [-0.25, -0.2) is 4.79 Å². The van der Waals surface area contributed by atoms with Gasteiger partial charge in [-0.05, 0) is 66.2 Å². The van der Waals surface area contributed by atoms with E-state index in [4.69, 9.17) is 9.15 Å². The highest BCUT2D eigenvalue weighted by Gasteiger charge is 2.20. The van der Waals surface area contributed by atoms with Gasteiger partial charge in [0.2, 0.25) is 0 Å². The molecule has 2 heterocycles. The van der Waals surface area contributed by atoms with Gasteiger partial charge in [-0.2, -0.15) is 0 Å². The molecule has 1 aliphatic rings. The van der Waals surface area contributed by atoms with E-state index >= 15 is 0 Å². The maximum Gasteiger partial charge on any atom is 0.345 e. The molecule has 1 fully saturated rings. The number of carbonyl (C=O) groups excluding carboxylic acids is 1. The number of anilines is 1. The maximum atomic E-state index is 12.9. The van der Waals surface area contributed by atoms with Crippen LogP contribution < -0.4 is 10.5 Å². The van der Waals surface area contributed by atoms with E-state index in [1.165, 1.54) is 24.3 Å².